The van der Waals surface area contributed by atoms with Crippen molar-refractivity contribution in [3.05, 3.63) is 77.3 Å². The molecule has 44 heavy (non-hydrogen) atoms. The van der Waals surface area contributed by atoms with Crippen molar-refractivity contribution in [2.24, 2.45) is 5.92 Å². The summed E-state index contributed by atoms with van der Waals surface area (Å²) < 4.78 is 39.5. The van der Waals surface area contributed by atoms with E-state index in [2.05, 4.69) is 10.6 Å². The van der Waals surface area contributed by atoms with Gasteiger partial charge in [-0.2, -0.15) is 4.31 Å². The van der Waals surface area contributed by atoms with Gasteiger partial charge in [-0.1, -0.05) is 18.5 Å². The maximum absolute atomic E-state index is 13.5. The normalized spacial score (nSPS) is 17.9. The number of hydrogen-bond acceptors (Lipinski definition) is 7. The first-order chi connectivity index (χ1) is 20.9. The van der Waals surface area contributed by atoms with Crippen LogP contribution in [0.1, 0.15) is 19.4 Å². The van der Waals surface area contributed by atoms with Crippen LogP contribution in [-0.2, 0) is 21.2 Å². The Morgan fingerprint density at radius 3 is 2.39 bits per heavy atom. The summed E-state index contributed by atoms with van der Waals surface area (Å²) in [4.78, 5) is 27.9. The lowest BCUT2D eigenvalue weighted by Gasteiger charge is -2.33. The van der Waals surface area contributed by atoms with Crippen LogP contribution in [0.2, 0.25) is 5.02 Å². The third-order valence-corrected chi connectivity index (χ3v) is 9.57. The van der Waals surface area contributed by atoms with Crippen molar-refractivity contribution in [3.63, 3.8) is 0 Å². The fraction of sp³-hybridized carbons (Fsp3) is 0.355. The van der Waals surface area contributed by atoms with Crippen LogP contribution in [0, 0.1) is 5.92 Å². The number of nitrogens with one attached hydrogen (secondary N) is 2. The van der Waals surface area contributed by atoms with Crippen LogP contribution in [0.5, 0.6) is 11.5 Å². The molecule has 1 aliphatic rings. The van der Waals surface area contributed by atoms with E-state index in [0.29, 0.717) is 33.5 Å². The molecule has 11 nitrogen and oxygen atoms in total. The first-order valence-corrected chi connectivity index (χ1v) is 15.9. The third-order valence-electron chi connectivity index (χ3n) is 7.48. The number of sulfonamides is 1. The number of likely N-dealkylation sites (N-methyl/N-ethyl adjacent to an activating group) is 1. The lowest BCUT2D eigenvalue weighted by Crippen LogP contribution is -2.48. The second kappa shape index (κ2) is 14.3. The summed E-state index contributed by atoms with van der Waals surface area (Å²) in [5.74, 6) is 0.511. The van der Waals surface area contributed by atoms with E-state index in [0.717, 1.165) is 0 Å². The van der Waals surface area contributed by atoms with Gasteiger partial charge in [-0.15, -0.1) is 0 Å². The number of fused-ring (bicyclic) bond motifs is 1. The monoisotopic (exact) mass is 644 g/mol. The highest BCUT2D eigenvalue weighted by Crippen LogP contribution is 2.30. The predicted molar refractivity (Wildman–Crippen MR) is 169 cm³/mol. The van der Waals surface area contributed by atoms with Gasteiger partial charge in [-0.25, -0.2) is 13.2 Å². The molecule has 0 radical (unpaired) electrons. The van der Waals surface area contributed by atoms with Gasteiger partial charge in [0, 0.05) is 41.5 Å². The number of carbonyl (C=O) groups is 2. The zero-order valence-electron chi connectivity index (χ0n) is 25.0. The summed E-state index contributed by atoms with van der Waals surface area (Å²) in [7, 11) is -0.840. The second-order valence-corrected chi connectivity index (χ2v) is 13.2. The van der Waals surface area contributed by atoms with Crippen molar-refractivity contribution in [2.45, 2.75) is 37.3 Å². The van der Waals surface area contributed by atoms with E-state index in [1.165, 1.54) is 35.6 Å². The van der Waals surface area contributed by atoms with Crippen LogP contribution in [0.15, 0.2) is 71.6 Å². The van der Waals surface area contributed by atoms with Crippen LogP contribution in [0.4, 0.5) is 16.2 Å². The minimum atomic E-state index is -3.87. The molecule has 3 amide bonds. The summed E-state index contributed by atoms with van der Waals surface area (Å²) in [5, 5.41) is 15.8. The van der Waals surface area contributed by atoms with Gasteiger partial charge in [0.2, 0.25) is 15.9 Å². The molecule has 1 aliphatic heterocycles. The summed E-state index contributed by atoms with van der Waals surface area (Å²) in [5.41, 5.74) is 1.50. The fourth-order valence-electron chi connectivity index (χ4n) is 4.83. The summed E-state index contributed by atoms with van der Waals surface area (Å²) >= 11 is 5.95. The molecule has 0 unspecified atom stereocenters. The van der Waals surface area contributed by atoms with Gasteiger partial charge in [0.1, 0.15) is 17.6 Å². The van der Waals surface area contributed by atoms with E-state index in [1.807, 2.05) is 6.92 Å². The van der Waals surface area contributed by atoms with Crippen molar-refractivity contribution in [1.29, 1.82) is 0 Å². The van der Waals surface area contributed by atoms with Crippen LogP contribution in [0.25, 0.3) is 0 Å². The summed E-state index contributed by atoms with van der Waals surface area (Å²) in [6, 6.07) is 16.8. The Morgan fingerprint density at radius 2 is 1.75 bits per heavy atom. The highest BCUT2D eigenvalue weighted by Gasteiger charge is 2.33. The Kier molecular flexibility index (Phi) is 10.7. The van der Waals surface area contributed by atoms with Gasteiger partial charge in [0.25, 0.3) is 0 Å². The SMILES string of the molecule is COc1ccc(NC(=O)Nc2ccc3c(c2)CC(=O)N([C@H](C)CO)C[C@@H](C)[C@@H](CN(C)S(=O)(=O)c2ccc(Cl)cc2)O3)cc1. The number of hydrogen-bond donors (Lipinski definition) is 3. The lowest BCUT2D eigenvalue weighted by atomic mass is 10.0. The van der Waals surface area contributed by atoms with E-state index < -0.39 is 28.2 Å². The van der Waals surface area contributed by atoms with E-state index in [9.17, 15) is 23.1 Å². The zero-order valence-corrected chi connectivity index (χ0v) is 26.6. The number of rotatable bonds is 9. The number of aliphatic hydroxyl groups excluding tert-OH is 1. The van der Waals surface area contributed by atoms with Crippen LogP contribution < -0.4 is 20.1 Å². The molecule has 3 aromatic carbocycles. The van der Waals surface area contributed by atoms with Crippen molar-refractivity contribution < 1.29 is 32.6 Å². The molecule has 0 fully saturated rings. The van der Waals surface area contributed by atoms with Gasteiger partial charge < -0.3 is 30.1 Å². The number of aliphatic hydroxyl groups is 1. The Balaban J connectivity index is 1.60. The molecule has 0 saturated heterocycles. The molecule has 3 N–H and O–H groups in total. The summed E-state index contributed by atoms with van der Waals surface area (Å²) in [6.45, 7) is 3.61. The van der Waals surface area contributed by atoms with Crippen molar-refractivity contribution in [2.75, 3.05) is 44.5 Å². The molecule has 0 aliphatic carbocycles. The van der Waals surface area contributed by atoms with Crippen molar-refractivity contribution in [1.82, 2.24) is 9.21 Å². The molecule has 0 saturated carbocycles. The number of halogens is 1. The highest BCUT2D eigenvalue weighted by atomic mass is 35.5. The van der Waals surface area contributed by atoms with Gasteiger partial charge in [-0.3, -0.25) is 4.79 Å². The number of benzene rings is 3. The molecule has 0 spiro atoms. The molecule has 3 aromatic rings. The standard InChI is InChI=1S/C31H37ClN4O7S/c1-20-17-36(21(2)19-37)30(38)16-22-15-25(34-31(39)33-24-7-10-26(42-4)11-8-24)9-14-28(22)43-29(20)18-35(3)44(40,41)27-12-5-23(32)6-13-27/h5-15,20-21,29,37H,16-19H2,1-4H3,(H2,33,34,39)/t20-,21-,29-/m1/s1. The predicted octanol–water partition coefficient (Wildman–Crippen LogP) is 4.46. The minimum absolute atomic E-state index is 0.00856. The fourth-order valence-corrected chi connectivity index (χ4v) is 6.14. The summed E-state index contributed by atoms with van der Waals surface area (Å²) in [6.07, 6.45) is -0.703. The van der Waals surface area contributed by atoms with Gasteiger partial charge in [-0.05, 0) is 73.7 Å². The number of ether oxygens (including phenoxy) is 2. The van der Waals surface area contributed by atoms with Crippen LogP contribution in [-0.4, -0.2) is 80.7 Å². The average molecular weight is 645 g/mol. The Hall–Kier alpha value is -3.84. The molecular formula is C31H37ClN4O7S. The third kappa shape index (κ3) is 8.00. The van der Waals surface area contributed by atoms with Crippen molar-refractivity contribution >= 4 is 44.9 Å². The number of nitrogens with zero attached hydrogens (tertiary/aromatic N) is 2. The molecule has 236 valence electrons. The van der Waals surface area contributed by atoms with E-state index >= 15 is 0 Å². The van der Waals surface area contributed by atoms with Gasteiger partial charge in [0.05, 0.1) is 37.6 Å². The Morgan fingerprint density at radius 1 is 1.11 bits per heavy atom. The Labute approximate surface area is 262 Å². The molecular weight excluding hydrogens is 608 g/mol. The molecule has 1 heterocycles. The topological polar surface area (TPSA) is 138 Å². The molecule has 0 aromatic heterocycles. The van der Waals surface area contributed by atoms with Crippen LogP contribution >= 0.6 is 11.6 Å². The minimum Gasteiger partial charge on any atom is -0.497 e. The highest BCUT2D eigenvalue weighted by molar-refractivity contribution is 7.89. The molecule has 4 rings (SSSR count). The largest absolute Gasteiger partial charge is 0.497 e. The quantitative estimate of drug-likeness (QED) is 0.313. The average Bonchev–Trinajstić information content (AvgIpc) is 3.04. The van der Waals surface area contributed by atoms with Gasteiger partial charge in [0.15, 0.2) is 0 Å². The second-order valence-electron chi connectivity index (χ2n) is 10.8. The van der Waals surface area contributed by atoms with E-state index in [1.54, 1.807) is 61.4 Å². The first-order valence-electron chi connectivity index (χ1n) is 14.0. The molecule has 3 atom stereocenters. The maximum Gasteiger partial charge on any atom is 0.323 e. The number of urea groups is 1. The molecule has 13 heteroatoms. The van der Waals surface area contributed by atoms with E-state index in [-0.39, 0.29) is 42.8 Å². The lowest BCUT2D eigenvalue weighted by molar-refractivity contribution is -0.134. The first kappa shape index (κ1) is 33.1. The van der Waals surface area contributed by atoms with Crippen LogP contribution in [0.3, 0.4) is 0 Å². The number of methoxy groups -OCH3 is 1. The maximum atomic E-state index is 13.5. The Bertz CT molecular complexity index is 1570. The van der Waals surface area contributed by atoms with E-state index in [4.69, 9.17) is 21.1 Å². The van der Waals surface area contributed by atoms with Crippen molar-refractivity contribution in [3.8, 4) is 11.5 Å². The number of carbonyl (C=O) groups excluding carboxylic acids is 2. The van der Waals surface area contributed by atoms with Gasteiger partial charge >= 0.3 is 6.03 Å². The smallest absolute Gasteiger partial charge is 0.323 e. The number of amides is 3. The number of anilines is 2. The molecule has 0 bridgehead atoms. The zero-order chi connectivity index (χ0) is 32.0.